The second-order valence-corrected chi connectivity index (χ2v) is 7.83. The Morgan fingerprint density at radius 2 is 2.21 bits per heavy atom. The molecular weight excluding hydrogens is 322 g/mol. The van der Waals surface area contributed by atoms with Gasteiger partial charge in [-0.3, -0.25) is 9.69 Å². The van der Waals surface area contributed by atoms with E-state index < -0.39 is 0 Å². The highest BCUT2D eigenvalue weighted by molar-refractivity contribution is 7.16. The van der Waals surface area contributed by atoms with Crippen LogP contribution in [0.1, 0.15) is 49.1 Å². The molecule has 1 N–H and O–H groups in total. The lowest BCUT2D eigenvalue weighted by Crippen LogP contribution is -2.50. The summed E-state index contributed by atoms with van der Waals surface area (Å²) >= 11 is 1.60. The average molecular weight is 347 g/mol. The molecule has 2 aliphatic rings. The van der Waals surface area contributed by atoms with Crippen LogP contribution in [0.5, 0.6) is 0 Å². The van der Waals surface area contributed by atoms with Crippen molar-refractivity contribution in [2.45, 2.75) is 58.1 Å². The molecule has 1 fully saturated rings. The molecule has 1 aromatic heterocycles. The summed E-state index contributed by atoms with van der Waals surface area (Å²) in [6.45, 7) is 6.15. The first kappa shape index (κ1) is 17.4. The number of aryl methyl sites for hydroxylation is 1. The number of ether oxygens (including phenoxy) is 1. The number of fused-ring (bicyclic) bond motifs is 1. The third-order valence-corrected chi connectivity index (χ3v) is 6.18. The number of morpholine rings is 1. The van der Waals surface area contributed by atoms with Crippen LogP contribution < -0.4 is 5.32 Å². The molecular formula is C18H25N3O2S. The third-order valence-electron chi connectivity index (χ3n) is 4.97. The van der Waals surface area contributed by atoms with Crippen molar-refractivity contribution in [2.24, 2.45) is 0 Å². The summed E-state index contributed by atoms with van der Waals surface area (Å²) in [5, 5.41) is 13.3. The minimum absolute atomic E-state index is 0.0305. The SMILES string of the molecule is C[C@@H]1CN([C@H](C)C(=O)Nc2sc3c(c2C#N)CCCCC3)CCO1. The van der Waals surface area contributed by atoms with Crippen molar-refractivity contribution < 1.29 is 9.53 Å². The molecule has 2 heterocycles. The molecule has 6 heteroatoms. The van der Waals surface area contributed by atoms with Gasteiger partial charge in [0.1, 0.15) is 11.1 Å². The summed E-state index contributed by atoms with van der Waals surface area (Å²) in [6.07, 6.45) is 5.67. The fraction of sp³-hybridized carbons (Fsp3) is 0.667. The van der Waals surface area contributed by atoms with Gasteiger partial charge in [-0.15, -0.1) is 11.3 Å². The first-order chi connectivity index (χ1) is 11.6. The van der Waals surface area contributed by atoms with Gasteiger partial charge in [-0.2, -0.15) is 5.26 Å². The molecule has 130 valence electrons. The fourth-order valence-corrected chi connectivity index (χ4v) is 4.77. The number of amides is 1. The molecule has 0 bridgehead atoms. The summed E-state index contributed by atoms with van der Waals surface area (Å²) in [5.41, 5.74) is 1.86. The van der Waals surface area contributed by atoms with E-state index in [-0.39, 0.29) is 18.1 Å². The predicted octanol–water partition coefficient (Wildman–Crippen LogP) is 2.94. The monoisotopic (exact) mass is 347 g/mol. The van der Waals surface area contributed by atoms with E-state index in [1.807, 2.05) is 13.8 Å². The quantitative estimate of drug-likeness (QED) is 0.854. The number of anilines is 1. The van der Waals surface area contributed by atoms with Crippen LogP contribution in [0, 0.1) is 11.3 Å². The number of hydrogen-bond donors (Lipinski definition) is 1. The maximum Gasteiger partial charge on any atom is 0.242 e. The van der Waals surface area contributed by atoms with E-state index in [0.717, 1.165) is 37.4 Å². The maximum atomic E-state index is 12.7. The molecule has 0 radical (unpaired) electrons. The Labute approximate surface area is 147 Å². The lowest BCUT2D eigenvalue weighted by molar-refractivity contribution is -0.123. The van der Waals surface area contributed by atoms with Crippen LogP contribution in [0.4, 0.5) is 5.00 Å². The predicted molar refractivity (Wildman–Crippen MR) is 95.4 cm³/mol. The standard InChI is InChI=1S/C18H25N3O2S/c1-12-11-21(8-9-23-12)13(2)17(22)20-18-15(10-19)14-6-4-3-5-7-16(14)24-18/h12-13H,3-9,11H2,1-2H3,(H,20,22)/t12-,13-/m1/s1. The van der Waals surface area contributed by atoms with Crippen molar-refractivity contribution in [1.82, 2.24) is 4.90 Å². The zero-order valence-electron chi connectivity index (χ0n) is 14.4. The number of nitrogens with one attached hydrogen (secondary N) is 1. The molecule has 24 heavy (non-hydrogen) atoms. The van der Waals surface area contributed by atoms with Crippen LogP contribution in [0.15, 0.2) is 0 Å². The molecule has 1 amide bonds. The largest absolute Gasteiger partial charge is 0.376 e. The maximum absolute atomic E-state index is 12.7. The molecule has 0 spiro atoms. The van der Waals surface area contributed by atoms with Gasteiger partial charge < -0.3 is 10.1 Å². The highest BCUT2D eigenvalue weighted by Crippen LogP contribution is 2.37. The van der Waals surface area contributed by atoms with Gasteiger partial charge in [-0.1, -0.05) is 6.42 Å². The van der Waals surface area contributed by atoms with E-state index in [1.165, 1.54) is 23.3 Å². The molecule has 1 aliphatic heterocycles. The first-order valence-corrected chi connectivity index (χ1v) is 9.63. The van der Waals surface area contributed by atoms with E-state index in [9.17, 15) is 10.1 Å². The van der Waals surface area contributed by atoms with Crippen LogP contribution >= 0.6 is 11.3 Å². The zero-order valence-corrected chi connectivity index (χ0v) is 15.2. The van der Waals surface area contributed by atoms with E-state index >= 15 is 0 Å². The second kappa shape index (κ2) is 7.64. The Kier molecular flexibility index (Phi) is 5.54. The molecule has 2 atom stereocenters. The van der Waals surface area contributed by atoms with Gasteiger partial charge in [0.25, 0.3) is 0 Å². The Morgan fingerprint density at radius 3 is 2.96 bits per heavy atom. The van der Waals surface area contributed by atoms with Crippen LogP contribution in [0.3, 0.4) is 0 Å². The first-order valence-electron chi connectivity index (χ1n) is 8.81. The van der Waals surface area contributed by atoms with E-state index in [2.05, 4.69) is 16.3 Å². The molecule has 3 rings (SSSR count). The van der Waals surface area contributed by atoms with Crippen LogP contribution in [-0.4, -0.2) is 42.6 Å². The van der Waals surface area contributed by atoms with Crippen molar-refractivity contribution >= 4 is 22.2 Å². The highest BCUT2D eigenvalue weighted by Gasteiger charge is 2.28. The lowest BCUT2D eigenvalue weighted by atomic mass is 10.1. The molecule has 1 saturated heterocycles. The van der Waals surface area contributed by atoms with E-state index in [1.54, 1.807) is 11.3 Å². The summed E-state index contributed by atoms with van der Waals surface area (Å²) in [4.78, 5) is 16.1. The summed E-state index contributed by atoms with van der Waals surface area (Å²) in [5.74, 6) is -0.0305. The molecule has 1 aliphatic carbocycles. The molecule has 5 nitrogen and oxygen atoms in total. The lowest BCUT2D eigenvalue weighted by Gasteiger charge is -2.34. The Morgan fingerprint density at radius 1 is 1.42 bits per heavy atom. The van der Waals surface area contributed by atoms with Gasteiger partial charge in [0.05, 0.1) is 24.3 Å². The van der Waals surface area contributed by atoms with Crippen molar-refractivity contribution in [3.05, 3.63) is 16.0 Å². The third kappa shape index (κ3) is 3.64. The van der Waals surface area contributed by atoms with Crippen LogP contribution in [-0.2, 0) is 22.4 Å². The Bertz CT molecular complexity index is 649. The zero-order chi connectivity index (χ0) is 17.1. The van der Waals surface area contributed by atoms with Crippen molar-refractivity contribution in [1.29, 1.82) is 5.26 Å². The van der Waals surface area contributed by atoms with Gasteiger partial charge in [-0.05, 0) is 45.1 Å². The van der Waals surface area contributed by atoms with Crippen molar-refractivity contribution in [2.75, 3.05) is 25.0 Å². The molecule has 0 aromatic carbocycles. The number of carbonyl (C=O) groups is 1. The minimum Gasteiger partial charge on any atom is -0.376 e. The van der Waals surface area contributed by atoms with Gasteiger partial charge in [0.15, 0.2) is 0 Å². The number of nitrogens with zero attached hydrogens (tertiary/aromatic N) is 2. The summed E-state index contributed by atoms with van der Waals surface area (Å²) in [6, 6.07) is 2.11. The molecule has 0 saturated carbocycles. The topological polar surface area (TPSA) is 65.4 Å². The van der Waals surface area contributed by atoms with Crippen LogP contribution in [0.25, 0.3) is 0 Å². The number of carbonyl (C=O) groups excluding carboxylic acids is 1. The fourth-order valence-electron chi connectivity index (χ4n) is 3.53. The normalized spacial score (nSPS) is 23.0. The van der Waals surface area contributed by atoms with Gasteiger partial charge in [-0.25, -0.2) is 0 Å². The summed E-state index contributed by atoms with van der Waals surface area (Å²) in [7, 11) is 0. The number of thiophene rings is 1. The Balaban J connectivity index is 1.73. The van der Waals surface area contributed by atoms with E-state index in [0.29, 0.717) is 12.2 Å². The highest BCUT2D eigenvalue weighted by atomic mass is 32.1. The molecule has 1 aromatic rings. The van der Waals surface area contributed by atoms with Gasteiger partial charge in [0, 0.05) is 18.0 Å². The van der Waals surface area contributed by atoms with Crippen LogP contribution in [0.2, 0.25) is 0 Å². The minimum atomic E-state index is -0.218. The van der Waals surface area contributed by atoms with E-state index in [4.69, 9.17) is 4.74 Å². The summed E-state index contributed by atoms with van der Waals surface area (Å²) < 4.78 is 5.55. The van der Waals surface area contributed by atoms with Crippen molar-refractivity contribution in [3.8, 4) is 6.07 Å². The van der Waals surface area contributed by atoms with Crippen molar-refractivity contribution in [3.63, 3.8) is 0 Å². The number of nitriles is 1. The Hall–Kier alpha value is -1.42. The van der Waals surface area contributed by atoms with Gasteiger partial charge >= 0.3 is 0 Å². The average Bonchev–Trinajstić information content (AvgIpc) is 2.74. The second-order valence-electron chi connectivity index (χ2n) is 6.72. The number of hydrogen-bond acceptors (Lipinski definition) is 5. The van der Waals surface area contributed by atoms with Gasteiger partial charge in [0.2, 0.25) is 5.91 Å². The number of rotatable bonds is 3. The smallest absolute Gasteiger partial charge is 0.242 e. The molecule has 0 unspecified atom stereocenters.